The highest BCUT2D eigenvalue weighted by atomic mass is 19.3. The van der Waals surface area contributed by atoms with Gasteiger partial charge in [-0.3, -0.25) is 0 Å². The van der Waals surface area contributed by atoms with E-state index in [9.17, 15) is 18.7 Å². The molecule has 1 N–H and O–H groups in total. The van der Waals surface area contributed by atoms with Crippen LogP contribution < -0.4 is 9.64 Å². The zero-order valence-corrected chi connectivity index (χ0v) is 22.0. The lowest BCUT2D eigenvalue weighted by Crippen LogP contribution is -2.33. The molecule has 6 rings (SSSR count). The van der Waals surface area contributed by atoms with Gasteiger partial charge in [0.1, 0.15) is 17.2 Å². The molecule has 1 saturated carbocycles. The van der Waals surface area contributed by atoms with Crippen molar-refractivity contribution in [2.45, 2.75) is 45.1 Å². The van der Waals surface area contributed by atoms with E-state index in [0.717, 1.165) is 78.7 Å². The van der Waals surface area contributed by atoms with Crippen molar-refractivity contribution in [3.8, 4) is 17.0 Å². The standard InChI is InChI=1S/C31H29F2N3O4/c1-18-4-2-3-5-22(18)28-23(29(40-35-28)20-7-8-20)10-6-19-12-14-36(15-13-19)21-9-11-25-24(16-21)27(39-31(32)33)17-26(34-25)30(37)38/h2-6,9-11,16-17,19-20,31H,7-8,12-15H2,1H3,(H,37,38)/b10-6+. The fourth-order valence-electron chi connectivity index (χ4n) is 5.41. The van der Waals surface area contributed by atoms with Crippen LogP contribution in [-0.2, 0) is 0 Å². The van der Waals surface area contributed by atoms with E-state index in [2.05, 4.69) is 51.0 Å². The molecule has 0 unspecified atom stereocenters. The van der Waals surface area contributed by atoms with Crippen molar-refractivity contribution in [1.29, 1.82) is 0 Å². The van der Waals surface area contributed by atoms with Crippen LogP contribution in [-0.4, -0.2) is 40.9 Å². The largest absolute Gasteiger partial charge is 0.477 e. The number of pyridine rings is 1. The Bertz CT molecular complexity index is 1590. The van der Waals surface area contributed by atoms with Gasteiger partial charge in [-0.1, -0.05) is 41.6 Å². The lowest BCUT2D eigenvalue weighted by Gasteiger charge is -2.32. The highest BCUT2D eigenvalue weighted by Crippen LogP contribution is 2.45. The van der Waals surface area contributed by atoms with Gasteiger partial charge in [-0.15, -0.1) is 0 Å². The summed E-state index contributed by atoms with van der Waals surface area (Å²) in [4.78, 5) is 17.7. The van der Waals surface area contributed by atoms with Crippen molar-refractivity contribution < 1.29 is 27.9 Å². The summed E-state index contributed by atoms with van der Waals surface area (Å²) in [6, 6.07) is 14.5. The summed E-state index contributed by atoms with van der Waals surface area (Å²) >= 11 is 0. The molecule has 9 heteroatoms. The minimum atomic E-state index is -3.07. The number of halogens is 2. The predicted molar refractivity (Wildman–Crippen MR) is 148 cm³/mol. The maximum atomic E-state index is 13.1. The molecule has 3 heterocycles. The van der Waals surface area contributed by atoms with E-state index >= 15 is 0 Å². The van der Waals surface area contributed by atoms with Crippen molar-refractivity contribution in [1.82, 2.24) is 10.1 Å². The molecule has 0 spiro atoms. The zero-order valence-electron chi connectivity index (χ0n) is 22.0. The molecule has 4 aromatic rings. The molecule has 2 aromatic heterocycles. The van der Waals surface area contributed by atoms with Crippen LogP contribution in [0.4, 0.5) is 14.5 Å². The average Bonchev–Trinajstić information content (AvgIpc) is 3.71. The normalized spacial score (nSPS) is 16.4. The van der Waals surface area contributed by atoms with Crippen molar-refractivity contribution >= 4 is 28.6 Å². The van der Waals surface area contributed by atoms with Crippen LogP contribution >= 0.6 is 0 Å². The van der Waals surface area contributed by atoms with Gasteiger partial charge in [-0.05, 0) is 62.3 Å². The molecule has 206 valence electrons. The maximum absolute atomic E-state index is 13.1. The highest BCUT2D eigenvalue weighted by molar-refractivity contribution is 5.94. The summed E-state index contributed by atoms with van der Waals surface area (Å²) in [5.74, 6) is 0.300. The predicted octanol–water partition coefficient (Wildman–Crippen LogP) is 7.31. The fraction of sp³-hybridized carbons (Fsp3) is 0.323. The minimum Gasteiger partial charge on any atom is -0.477 e. The lowest BCUT2D eigenvalue weighted by molar-refractivity contribution is -0.0489. The first kappa shape index (κ1) is 26.0. The maximum Gasteiger partial charge on any atom is 0.387 e. The monoisotopic (exact) mass is 545 g/mol. The van der Waals surface area contributed by atoms with E-state index in [4.69, 9.17) is 4.52 Å². The molecule has 2 fully saturated rings. The Morgan fingerprint density at radius 2 is 1.90 bits per heavy atom. The molecule has 1 aliphatic carbocycles. The summed E-state index contributed by atoms with van der Waals surface area (Å²) in [7, 11) is 0. The molecule has 1 aliphatic heterocycles. The number of carbonyl (C=O) groups is 1. The Labute approximate surface area is 230 Å². The van der Waals surface area contributed by atoms with Gasteiger partial charge in [-0.25, -0.2) is 9.78 Å². The number of ether oxygens (including phenoxy) is 1. The van der Waals surface area contributed by atoms with Crippen LogP contribution in [0.15, 0.2) is 59.1 Å². The molecule has 0 atom stereocenters. The number of anilines is 1. The van der Waals surface area contributed by atoms with E-state index in [0.29, 0.717) is 22.7 Å². The second-order valence-corrected chi connectivity index (χ2v) is 10.5. The molecule has 2 aromatic carbocycles. The molecule has 0 bridgehead atoms. The van der Waals surface area contributed by atoms with E-state index < -0.39 is 12.6 Å². The molecule has 0 radical (unpaired) electrons. The van der Waals surface area contributed by atoms with Gasteiger partial charge >= 0.3 is 12.6 Å². The zero-order chi connectivity index (χ0) is 27.8. The Morgan fingerprint density at radius 3 is 2.60 bits per heavy atom. The van der Waals surface area contributed by atoms with Gasteiger partial charge in [0.2, 0.25) is 0 Å². The van der Waals surface area contributed by atoms with Crippen LogP contribution in [0, 0.1) is 12.8 Å². The average molecular weight is 546 g/mol. The molecule has 2 aliphatic rings. The number of allylic oxidation sites excluding steroid dienone is 1. The topological polar surface area (TPSA) is 88.7 Å². The molecular formula is C31H29F2N3O4. The van der Waals surface area contributed by atoms with Crippen LogP contribution in [0.2, 0.25) is 0 Å². The van der Waals surface area contributed by atoms with Gasteiger partial charge in [0.25, 0.3) is 0 Å². The van der Waals surface area contributed by atoms with Gasteiger partial charge in [0, 0.05) is 47.3 Å². The smallest absolute Gasteiger partial charge is 0.387 e. The number of carboxylic acid groups (broad SMARTS) is 1. The van der Waals surface area contributed by atoms with E-state index in [-0.39, 0.29) is 11.4 Å². The summed E-state index contributed by atoms with van der Waals surface area (Å²) in [6.45, 7) is 0.586. The third-order valence-electron chi connectivity index (χ3n) is 7.73. The SMILES string of the molecule is Cc1ccccc1-c1noc(C2CC2)c1/C=C/C1CCN(c2ccc3nc(C(=O)O)cc(OC(F)F)c3c2)CC1. The Kier molecular flexibility index (Phi) is 6.96. The third kappa shape index (κ3) is 5.28. The Balaban J connectivity index is 1.20. The number of hydrogen-bond acceptors (Lipinski definition) is 6. The number of aryl methyl sites for hydroxylation is 1. The molecular weight excluding hydrogens is 516 g/mol. The Hall–Kier alpha value is -4.27. The van der Waals surface area contributed by atoms with Gasteiger partial charge in [0.15, 0.2) is 5.69 Å². The summed E-state index contributed by atoms with van der Waals surface area (Å²) in [5, 5.41) is 14.1. The summed E-state index contributed by atoms with van der Waals surface area (Å²) in [6.07, 6.45) is 8.56. The molecule has 7 nitrogen and oxygen atoms in total. The second kappa shape index (κ2) is 10.7. The van der Waals surface area contributed by atoms with E-state index in [1.165, 1.54) is 0 Å². The number of benzene rings is 2. The number of carboxylic acids is 1. The lowest BCUT2D eigenvalue weighted by atomic mass is 9.93. The van der Waals surface area contributed by atoms with Crippen LogP contribution in [0.3, 0.4) is 0 Å². The minimum absolute atomic E-state index is 0.193. The number of nitrogens with zero attached hydrogens (tertiary/aromatic N) is 3. The number of aromatic carboxylic acids is 1. The Morgan fingerprint density at radius 1 is 1.12 bits per heavy atom. The number of hydrogen-bond donors (Lipinski definition) is 1. The molecule has 1 saturated heterocycles. The second-order valence-electron chi connectivity index (χ2n) is 10.5. The van der Waals surface area contributed by atoms with Gasteiger partial charge in [0.05, 0.1) is 5.52 Å². The van der Waals surface area contributed by atoms with Crippen molar-refractivity contribution in [3.05, 3.63) is 77.2 Å². The number of aromatic nitrogens is 2. The first-order valence-corrected chi connectivity index (χ1v) is 13.5. The van der Waals surface area contributed by atoms with E-state index in [1.54, 1.807) is 12.1 Å². The van der Waals surface area contributed by atoms with Crippen LogP contribution in [0.1, 0.15) is 59.0 Å². The summed E-state index contributed by atoms with van der Waals surface area (Å²) in [5.41, 5.74) is 5.03. The number of piperidine rings is 1. The summed E-state index contributed by atoms with van der Waals surface area (Å²) < 4.78 is 36.6. The van der Waals surface area contributed by atoms with Crippen molar-refractivity contribution in [2.24, 2.45) is 5.92 Å². The first-order valence-electron chi connectivity index (χ1n) is 13.5. The fourth-order valence-corrected chi connectivity index (χ4v) is 5.41. The first-order chi connectivity index (χ1) is 19.4. The van der Waals surface area contributed by atoms with Crippen LogP contribution in [0.25, 0.3) is 28.2 Å². The van der Waals surface area contributed by atoms with E-state index in [1.807, 2.05) is 18.2 Å². The van der Waals surface area contributed by atoms with Gasteiger partial charge in [-0.2, -0.15) is 8.78 Å². The van der Waals surface area contributed by atoms with Crippen LogP contribution in [0.5, 0.6) is 5.75 Å². The van der Waals surface area contributed by atoms with Gasteiger partial charge < -0.3 is 19.3 Å². The number of fused-ring (bicyclic) bond motifs is 1. The van der Waals surface area contributed by atoms with Crippen molar-refractivity contribution in [2.75, 3.05) is 18.0 Å². The molecule has 0 amide bonds. The number of rotatable bonds is 8. The number of alkyl halides is 2. The third-order valence-corrected chi connectivity index (χ3v) is 7.73. The van der Waals surface area contributed by atoms with Crippen molar-refractivity contribution in [3.63, 3.8) is 0 Å². The quantitative estimate of drug-likeness (QED) is 0.248. The molecule has 40 heavy (non-hydrogen) atoms. The highest BCUT2D eigenvalue weighted by Gasteiger charge is 2.32.